The Hall–Kier alpha value is -1.76. The zero-order chi connectivity index (χ0) is 13.8. The van der Waals surface area contributed by atoms with Crippen molar-refractivity contribution in [3.63, 3.8) is 0 Å². The lowest BCUT2D eigenvalue weighted by Crippen LogP contribution is -2.35. The summed E-state index contributed by atoms with van der Waals surface area (Å²) in [6.07, 6.45) is 4.62. The van der Waals surface area contributed by atoms with Gasteiger partial charge >= 0.3 is 0 Å². The molecular formula is C13H17N5OS. The number of rotatable bonds is 3. The van der Waals surface area contributed by atoms with Crippen molar-refractivity contribution < 1.29 is 4.79 Å². The fourth-order valence-electron chi connectivity index (χ4n) is 2.36. The summed E-state index contributed by atoms with van der Waals surface area (Å²) < 4.78 is 0. The van der Waals surface area contributed by atoms with Crippen LogP contribution >= 0.6 is 11.3 Å². The maximum atomic E-state index is 12.2. The quantitative estimate of drug-likeness (QED) is 0.865. The number of hydrogen-bond donors (Lipinski definition) is 0. The van der Waals surface area contributed by atoms with E-state index < -0.39 is 0 Å². The van der Waals surface area contributed by atoms with E-state index in [0.29, 0.717) is 5.82 Å². The highest BCUT2D eigenvalue weighted by Gasteiger charge is 2.17. The van der Waals surface area contributed by atoms with Crippen LogP contribution < -0.4 is 0 Å². The Morgan fingerprint density at radius 3 is 2.75 bits per heavy atom. The van der Waals surface area contributed by atoms with Crippen molar-refractivity contribution in [2.45, 2.75) is 32.2 Å². The van der Waals surface area contributed by atoms with E-state index in [4.69, 9.17) is 0 Å². The van der Waals surface area contributed by atoms with Gasteiger partial charge in [0, 0.05) is 13.1 Å². The zero-order valence-electron chi connectivity index (χ0n) is 11.2. The third-order valence-corrected chi connectivity index (χ3v) is 4.30. The minimum atomic E-state index is 0.0852. The van der Waals surface area contributed by atoms with E-state index in [0.717, 1.165) is 30.8 Å². The first-order valence-corrected chi connectivity index (χ1v) is 7.80. The van der Waals surface area contributed by atoms with Crippen LogP contribution in [0.1, 0.15) is 25.7 Å². The molecule has 6 nitrogen and oxygen atoms in total. The molecule has 0 aromatic carbocycles. The maximum Gasteiger partial charge on any atom is 0.246 e. The van der Waals surface area contributed by atoms with Gasteiger partial charge in [-0.2, -0.15) is 4.80 Å². The maximum absolute atomic E-state index is 12.2. The Balaban J connectivity index is 1.64. The second-order valence-corrected chi connectivity index (χ2v) is 5.86. The normalized spacial score (nSPS) is 16.1. The van der Waals surface area contributed by atoms with Crippen LogP contribution in [0.2, 0.25) is 0 Å². The molecule has 106 valence electrons. The van der Waals surface area contributed by atoms with Crippen molar-refractivity contribution in [1.29, 1.82) is 0 Å². The van der Waals surface area contributed by atoms with E-state index in [1.165, 1.54) is 17.6 Å². The molecule has 0 bridgehead atoms. The molecule has 1 saturated heterocycles. The second kappa shape index (κ2) is 6.13. The molecule has 2 aromatic heterocycles. The van der Waals surface area contributed by atoms with Crippen LogP contribution in [-0.2, 0) is 11.3 Å². The Morgan fingerprint density at radius 1 is 1.25 bits per heavy atom. The molecule has 0 atom stereocenters. The van der Waals surface area contributed by atoms with Crippen LogP contribution in [0.5, 0.6) is 0 Å². The molecule has 0 aliphatic carbocycles. The monoisotopic (exact) mass is 291 g/mol. The van der Waals surface area contributed by atoms with Crippen molar-refractivity contribution in [3.8, 4) is 10.7 Å². The van der Waals surface area contributed by atoms with Gasteiger partial charge in [-0.1, -0.05) is 18.9 Å². The lowest BCUT2D eigenvalue weighted by atomic mass is 10.2. The summed E-state index contributed by atoms with van der Waals surface area (Å²) in [6.45, 7) is 1.88. The molecule has 3 heterocycles. The van der Waals surface area contributed by atoms with E-state index in [2.05, 4.69) is 15.4 Å². The van der Waals surface area contributed by atoms with Crippen molar-refractivity contribution >= 4 is 17.2 Å². The summed E-state index contributed by atoms with van der Waals surface area (Å²) in [4.78, 5) is 16.5. The molecule has 0 N–H and O–H groups in total. The van der Waals surface area contributed by atoms with Gasteiger partial charge in [0.25, 0.3) is 0 Å². The molecule has 0 unspecified atom stereocenters. The third-order valence-electron chi connectivity index (χ3n) is 3.43. The predicted octanol–water partition coefficient (Wildman–Crippen LogP) is 1.80. The number of tetrazole rings is 1. The first kappa shape index (κ1) is 13.2. The van der Waals surface area contributed by atoms with Gasteiger partial charge in [0.1, 0.15) is 6.54 Å². The number of nitrogens with zero attached hydrogens (tertiary/aromatic N) is 5. The summed E-state index contributed by atoms with van der Waals surface area (Å²) in [6, 6.07) is 3.89. The van der Waals surface area contributed by atoms with Gasteiger partial charge in [-0.3, -0.25) is 4.79 Å². The molecule has 7 heteroatoms. The number of carbonyl (C=O) groups is 1. The van der Waals surface area contributed by atoms with E-state index in [1.807, 2.05) is 22.4 Å². The number of thiophene rings is 1. The number of likely N-dealkylation sites (tertiary alicyclic amines) is 1. The molecule has 20 heavy (non-hydrogen) atoms. The van der Waals surface area contributed by atoms with Crippen molar-refractivity contribution in [1.82, 2.24) is 25.1 Å². The van der Waals surface area contributed by atoms with Gasteiger partial charge in [0.05, 0.1) is 4.88 Å². The second-order valence-electron chi connectivity index (χ2n) is 4.92. The molecule has 1 aliphatic rings. The Bertz CT molecular complexity index is 557. The van der Waals surface area contributed by atoms with Gasteiger partial charge in [-0.25, -0.2) is 0 Å². The fraction of sp³-hybridized carbons (Fsp3) is 0.538. The van der Waals surface area contributed by atoms with Crippen molar-refractivity contribution in [2.75, 3.05) is 13.1 Å². The van der Waals surface area contributed by atoms with Crippen LogP contribution in [-0.4, -0.2) is 44.1 Å². The van der Waals surface area contributed by atoms with Crippen LogP contribution in [0.3, 0.4) is 0 Å². The lowest BCUT2D eigenvalue weighted by Gasteiger charge is -2.19. The SMILES string of the molecule is O=C(Cn1nnc(-c2cccs2)n1)N1CCCCCC1. The molecule has 3 rings (SSSR count). The van der Waals surface area contributed by atoms with Crippen molar-refractivity contribution in [3.05, 3.63) is 17.5 Å². The highest BCUT2D eigenvalue weighted by atomic mass is 32.1. The highest BCUT2D eigenvalue weighted by molar-refractivity contribution is 7.13. The minimum Gasteiger partial charge on any atom is -0.341 e. The van der Waals surface area contributed by atoms with Gasteiger partial charge in [-0.15, -0.1) is 21.5 Å². The molecule has 1 fully saturated rings. The van der Waals surface area contributed by atoms with Gasteiger partial charge in [-0.05, 0) is 29.5 Å². The minimum absolute atomic E-state index is 0.0852. The molecule has 1 amide bonds. The topological polar surface area (TPSA) is 63.9 Å². The van der Waals surface area contributed by atoms with Crippen LogP contribution in [0.25, 0.3) is 10.7 Å². The summed E-state index contributed by atoms with van der Waals surface area (Å²) >= 11 is 1.57. The summed E-state index contributed by atoms with van der Waals surface area (Å²) in [7, 11) is 0. The van der Waals surface area contributed by atoms with E-state index in [1.54, 1.807) is 11.3 Å². The lowest BCUT2D eigenvalue weighted by molar-refractivity contribution is -0.132. The van der Waals surface area contributed by atoms with Gasteiger partial charge in [0.15, 0.2) is 0 Å². The third kappa shape index (κ3) is 3.04. The largest absolute Gasteiger partial charge is 0.341 e. The number of amides is 1. The fourth-order valence-corrected chi connectivity index (χ4v) is 3.00. The zero-order valence-corrected chi connectivity index (χ0v) is 12.1. The molecule has 1 aliphatic heterocycles. The molecular weight excluding hydrogens is 274 g/mol. The van der Waals surface area contributed by atoms with Crippen LogP contribution in [0.4, 0.5) is 0 Å². The van der Waals surface area contributed by atoms with Crippen LogP contribution in [0, 0.1) is 0 Å². The first-order valence-electron chi connectivity index (χ1n) is 6.92. The molecule has 0 spiro atoms. The summed E-state index contributed by atoms with van der Waals surface area (Å²) in [5.41, 5.74) is 0. The molecule has 0 saturated carbocycles. The predicted molar refractivity (Wildman–Crippen MR) is 76.2 cm³/mol. The van der Waals surface area contributed by atoms with E-state index >= 15 is 0 Å². The average molecular weight is 291 g/mol. The van der Waals surface area contributed by atoms with E-state index in [9.17, 15) is 4.79 Å². The van der Waals surface area contributed by atoms with Crippen LogP contribution in [0.15, 0.2) is 17.5 Å². The van der Waals surface area contributed by atoms with Gasteiger partial charge < -0.3 is 4.90 Å². The Kier molecular flexibility index (Phi) is 4.05. The summed E-state index contributed by atoms with van der Waals surface area (Å²) in [5.74, 6) is 0.672. The summed E-state index contributed by atoms with van der Waals surface area (Å²) in [5, 5.41) is 14.2. The highest BCUT2D eigenvalue weighted by Crippen LogP contribution is 2.19. The molecule has 0 radical (unpaired) electrons. The number of carbonyl (C=O) groups excluding carboxylic acids is 1. The van der Waals surface area contributed by atoms with Gasteiger partial charge in [0.2, 0.25) is 11.7 Å². The first-order chi connectivity index (χ1) is 9.83. The standard InChI is InChI=1S/C13H17N5OS/c19-12(17-7-3-1-2-4-8-17)10-18-15-13(14-16-18)11-6-5-9-20-11/h5-6,9H,1-4,7-8,10H2. The Morgan fingerprint density at radius 2 is 2.05 bits per heavy atom. The average Bonchev–Trinajstić information content (AvgIpc) is 3.05. The number of aromatic nitrogens is 4. The smallest absolute Gasteiger partial charge is 0.246 e. The molecule has 2 aromatic rings. The number of hydrogen-bond acceptors (Lipinski definition) is 5. The van der Waals surface area contributed by atoms with Crippen molar-refractivity contribution in [2.24, 2.45) is 0 Å². The Labute approximate surface area is 121 Å². The van der Waals surface area contributed by atoms with E-state index in [-0.39, 0.29) is 12.5 Å².